The summed E-state index contributed by atoms with van der Waals surface area (Å²) in [6.45, 7) is 5.90. The molecular formula is C16H17ClN4S. The van der Waals surface area contributed by atoms with E-state index in [-0.39, 0.29) is 0 Å². The highest BCUT2D eigenvalue weighted by Crippen LogP contribution is 2.40. The lowest BCUT2D eigenvalue weighted by molar-refractivity contribution is 0.726. The van der Waals surface area contributed by atoms with Crippen molar-refractivity contribution in [3.05, 3.63) is 50.9 Å². The molecule has 1 aromatic heterocycles. The summed E-state index contributed by atoms with van der Waals surface area (Å²) in [5, 5.41) is 9.68. The van der Waals surface area contributed by atoms with Crippen LogP contribution in [0.3, 0.4) is 0 Å². The van der Waals surface area contributed by atoms with Crippen LogP contribution in [-0.4, -0.2) is 17.8 Å². The molecule has 1 atom stereocenters. The maximum absolute atomic E-state index is 7.99. The monoisotopic (exact) mass is 332 g/mol. The van der Waals surface area contributed by atoms with Crippen LogP contribution in [0.4, 0.5) is 5.00 Å². The van der Waals surface area contributed by atoms with Gasteiger partial charge in [-0.3, -0.25) is 16.0 Å². The van der Waals surface area contributed by atoms with E-state index >= 15 is 0 Å². The van der Waals surface area contributed by atoms with Gasteiger partial charge in [0.15, 0.2) is 6.29 Å². The van der Waals surface area contributed by atoms with Crippen LogP contribution in [-0.2, 0) is 0 Å². The number of benzene rings is 1. The van der Waals surface area contributed by atoms with Gasteiger partial charge in [-0.1, -0.05) is 23.7 Å². The second kappa shape index (κ2) is 5.50. The molecule has 2 heterocycles. The van der Waals surface area contributed by atoms with Crippen LogP contribution in [0.25, 0.3) is 0 Å². The first kappa shape index (κ1) is 15.2. The lowest BCUT2D eigenvalue weighted by Gasteiger charge is -2.32. The summed E-state index contributed by atoms with van der Waals surface area (Å²) in [4.78, 5) is 7.64. The number of nitrogens with two attached hydrogens (primary N) is 1. The zero-order chi connectivity index (χ0) is 16.0. The zero-order valence-corrected chi connectivity index (χ0v) is 14.2. The molecule has 1 aromatic carbocycles. The van der Waals surface area contributed by atoms with Crippen LogP contribution in [0.5, 0.6) is 0 Å². The molecule has 0 amide bonds. The molecule has 0 fully saturated rings. The molecule has 22 heavy (non-hydrogen) atoms. The fraction of sp³-hybridized carbons (Fsp3) is 0.250. The van der Waals surface area contributed by atoms with Gasteiger partial charge in [-0.15, -0.1) is 11.3 Å². The number of nitrogens with one attached hydrogen (secondary N) is 1. The topological polar surface area (TPSA) is 65.5 Å². The van der Waals surface area contributed by atoms with Crippen LogP contribution >= 0.6 is 22.9 Å². The first-order chi connectivity index (χ1) is 10.4. The van der Waals surface area contributed by atoms with E-state index in [1.807, 2.05) is 24.3 Å². The Morgan fingerprint density at radius 2 is 1.95 bits per heavy atom. The molecule has 2 aromatic rings. The molecule has 1 unspecified atom stereocenters. The lowest BCUT2D eigenvalue weighted by atomic mass is 9.98. The Kier molecular flexibility index (Phi) is 3.80. The molecule has 3 N–H and O–H groups in total. The van der Waals surface area contributed by atoms with E-state index in [9.17, 15) is 0 Å². The minimum absolute atomic E-state index is 0.397. The fourth-order valence-electron chi connectivity index (χ4n) is 2.61. The lowest BCUT2D eigenvalue weighted by Crippen LogP contribution is -2.46. The largest absolute Gasteiger partial charge is 0.292 e. The number of anilines is 1. The predicted octanol–water partition coefficient (Wildman–Crippen LogP) is 3.92. The van der Waals surface area contributed by atoms with Crippen LogP contribution in [0, 0.1) is 19.3 Å². The third-order valence-corrected chi connectivity index (χ3v) is 5.29. The molecule has 0 aliphatic carbocycles. The summed E-state index contributed by atoms with van der Waals surface area (Å²) < 4.78 is 0. The van der Waals surface area contributed by atoms with Crippen molar-refractivity contribution >= 4 is 39.5 Å². The molecule has 4 nitrogen and oxygen atoms in total. The van der Waals surface area contributed by atoms with Crippen molar-refractivity contribution in [2.45, 2.75) is 27.1 Å². The first-order valence-electron chi connectivity index (χ1n) is 6.94. The molecule has 0 saturated heterocycles. The van der Waals surface area contributed by atoms with Crippen LogP contribution in [0.2, 0.25) is 5.02 Å². The highest BCUT2D eigenvalue weighted by atomic mass is 35.5. The highest BCUT2D eigenvalue weighted by Gasteiger charge is 2.31. The number of aliphatic imine (C=N–C) groups is 1. The minimum Gasteiger partial charge on any atom is -0.292 e. The summed E-state index contributed by atoms with van der Waals surface area (Å²) in [5.74, 6) is 0.397. The van der Waals surface area contributed by atoms with Crippen molar-refractivity contribution in [2.24, 2.45) is 10.7 Å². The zero-order valence-electron chi connectivity index (χ0n) is 12.6. The maximum Gasteiger partial charge on any atom is 0.180 e. The quantitative estimate of drug-likeness (QED) is 0.614. The number of hydrogen-bond acceptors (Lipinski definition) is 4. The van der Waals surface area contributed by atoms with Crippen molar-refractivity contribution in [1.82, 2.24) is 0 Å². The summed E-state index contributed by atoms with van der Waals surface area (Å²) in [5.41, 5.74) is 10.3. The predicted molar refractivity (Wildman–Crippen MR) is 94.7 cm³/mol. The van der Waals surface area contributed by atoms with Gasteiger partial charge < -0.3 is 0 Å². The second-order valence-corrected chi connectivity index (χ2v) is 6.96. The van der Waals surface area contributed by atoms with Crippen LogP contribution < -0.4 is 10.6 Å². The number of aryl methyl sites for hydroxylation is 1. The number of thiophene rings is 1. The Hall–Kier alpha value is -1.69. The van der Waals surface area contributed by atoms with Crippen molar-refractivity contribution in [3.8, 4) is 0 Å². The van der Waals surface area contributed by atoms with Gasteiger partial charge in [0.2, 0.25) is 0 Å². The first-order valence-corrected chi connectivity index (χ1v) is 8.13. The Labute approximate surface area is 138 Å². The summed E-state index contributed by atoms with van der Waals surface area (Å²) in [7, 11) is 0. The van der Waals surface area contributed by atoms with Gasteiger partial charge in [0.1, 0.15) is 10.8 Å². The highest BCUT2D eigenvalue weighted by molar-refractivity contribution is 7.17. The van der Waals surface area contributed by atoms with E-state index in [1.165, 1.54) is 10.4 Å². The minimum atomic E-state index is -0.576. The van der Waals surface area contributed by atoms with E-state index in [2.05, 4.69) is 18.8 Å². The van der Waals surface area contributed by atoms with Gasteiger partial charge in [0.05, 0.1) is 5.71 Å². The van der Waals surface area contributed by atoms with Crippen molar-refractivity contribution in [1.29, 1.82) is 5.41 Å². The molecule has 0 radical (unpaired) electrons. The SMILES string of the molecule is CC(=N)N1c2sc(C)c(C)c2C(c2ccc(Cl)cc2)=NC1N. The number of hydrogen-bond donors (Lipinski definition) is 2. The average Bonchev–Trinajstić information content (AvgIpc) is 2.74. The van der Waals surface area contributed by atoms with Gasteiger partial charge in [-0.05, 0) is 38.5 Å². The normalized spacial score (nSPS) is 17.2. The molecule has 114 valence electrons. The Morgan fingerprint density at radius 1 is 1.32 bits per heavy atom. The van der Waals surface area contributed by atoms with Gasteiger partial charge in [-0.2, -0.15) is 0 Å². The number of fused-ring (bicyclic) bond motifs is 1. The number of halogens is 1. The molecular weight excluding hydrogens is 316 g/mol. The molecule has 0 spiro atoms. The summed E-state index contributed by atoms with van der Waals surface area (Å²) in [6, 6.07) is 7.62. The molecule has 3 rings (SSSR count). The van der Waals surface area contributed by atoms with E-state index in [0.29, 0.717) is 10.9 Å². The number of nitrogens with zero attached hydrogens (tertiary/aromatic N) is 2. The van der Waals surface area contributed by atoms with Gasteiger partial charge in [0, 0.05) is 21.0 Å². The standard InChI is InChI=1S/C16H17ClN4S/c1-8-9(2)22-15-13(8)14(11-4-6-12(17)7-5-11)20-16(19)21(15)10(3)18/h4-7,16,18H,19H2,1-3H3. The van der Waals surface area contributed by atoms with E-state index in [4.69, 9.17) is 22.7 Å². The van der Waals surface area contributed by atoms with Gasteiger partial charge in [-0.25, -0.2) is 4.99 Å². The van der Waals surface area contributed by atoms with Crippen LogP contribution in [0.15, 0.2) is 29.3 Å². The Bertz CT molecular complexity index is 776. The van der Waals surface area contributed by atoms with E-state index in [0.717, 1.165) is 21.8 Å². The average molecular weight is 333 g/mol. The molecule has 0 saturated carbocycles. The Balaban J connectivity index is 2.22. The number of rotatable bonds is 1. The third-order valence-electron chi connectivity index (χ3n) is 3.83. The molecule has 1 aliphatic heterocycles. The third kappa shape index (κ3) is 2.35. The summed E-state index contributed by atoms with van der Waals surface area (Å²) in [6.07, 6.45) is -0.576. The van der Waals surface area contributed by atoms with Crippen molar-refractivity contribution in [3.63, 3.8) is 0 Å². The van der Waals surface area contributed by atoms with E-state index < -0.39 is 6.29 Å². The summed E-state index contributed by atoms with van der Waals surface area (Å²) >= 11 is 7.64. The fourth-order valence-corrected chi connectivity index (χ4v) is 3.98. The van der Waals surface area contributed by atoms with Gasteiger partial charge >= 0.3 is 0 Å². The maximum atomic E-state index is 7.99. The molecule has 0 bridgehead atoms. The molecule has 6 heteroatoms. The number of amidine groups is 1. The van der Waals surface area contributed by atoms with Gasteiger partial charge in [0.25, 0.3) is 0 Å². The second-order valence-electron chi connectivity index (χ2n) is 5.32. The van der Waals surface area contributed by atoms with Crippen molar-refractivity contribution in [2.75, 3.05) is 4.90 Å². The smallest absolute Gasteiger partial charge is 0.180 e. The Morgan fingerprint density at radius 3 is 2.55 bits per heavy atom. The molecule has 1 aliphatic rings. The van der Waals surface area contributed by atoms with Crippen molar-refractivity contribution < 1.29 is 0 Å². The van der Waals surface area contributed by atoms with E-state index in [1.54, 1.807) is 23.2 Å². The van der Waals surface area contributed by atoms with Crippen LogP contribution in [0.1, 0.15) is 28.5 Å².